The first-order valence-electron chi connectivity index (χ1n) is 8.80. The van der Waals surface area contributed by atoms with Gasteiger partial charge in [0, 0.05) is 29.7 Å². The molecule has 1 amide bonds. The molecule has 1 aliphatic heterocycles. The molecule has 6 nitrogen and oxygen atoms in total. The summed E-state index contributed by atoms with van der Waals surface area (Å²) < 4.78 is 0. The van der Waals surface area contributed by atoms with Crippen LogP contribution in [0.4, 0.5) is 0 Å². The van der Waals surface area contributed by atoms with Gasteiger partial charge in [0.05, 0.1) is 18.5 Å². The number of amides is 1. The number of likely N-dealkylation sites (tertiary alicyclic amines) is 1. The minimum absolute atomic E-state index is 0.0148. The first kappa shape index (κ1) is 16.9. The highest BCUT2D eigenvalue weighted by molar-refractivity contribution is 7.17. The number of hydrogen-bond donors (Lipinski definition) is 3. The van der Waals surface area contributed by atoms with Crippen molar-refractivity contribution < 1.29 is 9.69 Å². The minimum Gasteiger partial charge on any atom is -0.369 e. The van der Waals surface area contributed by atoms with Crippen LogP contribution in [0, 0.1) is 5.92 Å². The maximum absolute atomic E-state index is 12.7. The van der Waals surface area contributed by atoms with Crippen molar-refractivity contribution in [3.63, 3.8) is 0 Å². The number of rotatable bonds is 4. The van der Waals surface area contributed by atoms with Gasteiger partial charge in [-0.3, -0.25) is 9.59 Å². The zero-order chi connectivity index (χ0) is 18.1. The van der Waals surface area contributed by atoms with Crippen molar-refractivity contribution in [2.24, 2.45) is 11.7 Å². The summed E-state index contributed by atoms with van der Waals surface area (Å²) in [6.07, 6.45) is 1.60. The Kier molecular flexibility index (Phi) is 4.57. The number of benzene rings is 1. The number of aromatic amines is 1. The number of carbonyl (C=O) groups is 1. The Balaban J connectivity index is 1.57. The Hall–Kier alpha value is -2.51. The van der Waals surface area contributed by atoms with Gasteiger partial charge in [-0.1, -0.05) is 30.3 Å². The molecule has 0 bridgehead atoms. The first-order chi connectivity index (χ1) is 12.6. The van der Waals surface area contributed by atoms with Gasteiger partial charge in [0.15, 0.2) is 5.82 Å². The summed E-state index contributed by atoms with van der Waals surface area (Å²) in [6.45, 7) is 2.40. The van der Waals surface area contributed by atoms with Crippen molar-refractivity contribution in [3.05, 3.63) is 51.9 Å². The Morgan fingerprint density at radius 3 is 2.69 bits per heavy atom. The minimum atomic E-state index is -0.205. The van der Waals surface area contributed by atoms with Crippen LogP contribution >= 0.6 is 11.3 Å². The third-order valence-corrected chi connectivity index (χ3v) is 5.96. The van der Waals surface area contributed by atoms with E-state index >= 15 is 0 Å². The number of nitrogens with zero attached hydrogens (tertiary/aromatic N) is 1. The second kappa shape index (κ2) is 7.01. The van der Waals surface area contributed by atoms with Crippen LogP contribution in [0.15, 0.2) is 40.5 Å². The molecular formula is C19H21N4O2S+. The molecule has 4 N–H and O–H groups in total. The standard InChI is InChI=1S/C19H20N4O2S/c20-17(24)13-6-8-23(9-7-13)10-15-21-18(25)16-14(11-26-19(16)22-15)12-4-2-1-3-5-12/h1-5,11,13H,6-10H2,(H2,20,24)(H,21,22,25)/p+1. The van der Waals surface area contributed by atoms with E-state index in [1.54, 1.807) is 0 Å². The highest BCUT2D eigenvalue weighted by atomic mass is 32.1. The molecule has 0 radical (unpaired) electrons. The average Bonchev–Trinajstić information content (AvgIpc) is 3.07. The van der Waals surface area contributed by atoms with Crippen LogP contribution in [0.1, 0.15) is 18.7 Å². The third kappa shape index (κ3) is 3.27. The third-order valence-electron chi connectivity index (χ3n) is 5.09. The number of thiophene rings is 1. The van der Waals surface area contributed by atoms with E-state index in [9.17, 15) is 9.59 Å². The molecule has 134 valence electrons. The van der Waals surface area contributed by atoms with Crippen molar-refractivity contribution in [1.29, 1.82) is 0 Å². The zero-order valence-corrected chi connectivity index (χ0v) is 15.1. The molecule has 7 heteroatoms. The fourth-order valence-corrected chi connectivity index (χ4v) is 4.60. The summed E-state index contributed by atoms with van der Waals surface area (Å²) in [6, 6.07) is 9.90. The number of hydrogen-bond acceptors (Lipinski definition) is 4. The summed E-state index contributed by atoms with van der Waals surface area (Å²) in [5, 5.41) is 2.66. The molecule has 4 rings (SSSR count). The molecule has 0 unspecified atom stereocenters. The molecule has 0 atom stereocenters. The number of piperidine rings is 1. The van der Waals surface area contributed by atoms with Gasteiger partial charge in [0.25, 0.3) is 5.56 Å². The van der Waals surface area contributed by atoms with Crippen LogP contribution in [-0.2, 0) is 11.3 Å². The fourth-order valence-electron chi connectivity index (χ4n) is 3.63. The van der Waals surface area contributed by atoms with E-state index in [1.165, 1.54) is 16.2 Å². The fraction of sp³-hybridized carbons (Fsp3) is 0.316. The maximum atomic E-state index is 12.7. The van der Waals surface area contributed by atoms with Gasteiger partial charge in [-0.2, -0.15) is 0 Å². The molecule has 1 saturated heterocycles. The Bertz CT molecular complexity index is 988. The number of H-pyrrole nitrogens is 1. The van der Waals surface area contributed by atoms with E-state index in [2.05, 4.69) is 9.97 Å². The zero-order valence-electron chi connectivity index (χ0n) is 14.3. The molecule has 1 aromatic carbocycles. The van der Waals surface area contributed by atoms with Crippen LogP contribution in [0.3, 0.4) is 0 Å². The van der Waals surface area contributed by atoms with Gasteiger partial charge in [-0.25, -0.2) is 4.98 Å². The van der Waals surface area contributed by atoms with Crippen molar-refractivity contribution in [1.82, 2.24) is 9.97 Å². The molecule has 1 fully saturated rings. The molecular weight excluding hydrogens is 348 g/mol. The number of primary amides is 1. The predicted molar refractivity (Wildman–Crippen MR) is 102 cm³/mol. The molecule has 3 aromatic rings. The van der Waals surface area contributed by atoms with Crippen molar-refractivity contribution in [2.75, 3.05) is 13.1 Å². The average molecular weight is 369 g/mol. The number of fused-ring (bicyclic) bond motifs is 1. The quantitative estimate of drug-likeness (QED) is 0.639. The summed E-state index contributed by atoms with van der Waals surface area (Å²) in [4.78, 5) is 33.7. The normalized spacial score (nSPS) is 20.3. The van der Waals surface area contributed by atoms with Crippen molar-refractivity contribution in [2.45, 2.75) is 19.4 Å². The van der Waals surface area contributed by atoms with Gasteiger partial charge >= 0.3 is 0 Å². The lowest BCUT2D eigenvalue weighted by atomic mass is 9.96. The summed E-state index contributed by atoms with van der Waals surface area (Å²) in [5.41, 5.74) is 7.26. The number of aromatic nitrogens is 2. The number of nitrogens with two attached hydrogens (primary N) is 1. The molecule has 26 heavy (non-hydrogen) atoms. The van der Waals surface area contributed by atoms with Crippen molar-refractivity contribution >= 4 is 27.5 Å². The number of nitrogens with one attached hydrogen (secondary N) is 2. The van der Waals surface area contributed by atoms with E-state index in [0.717, 1.165) is 41.9 Å². The van der Waals surface area contributed by atoms with Gasteiger partial charge in [-0.15, -0.1) is 11.3 Å². The van der Waals surface area contributed by atoms with E-state index in [-0.39, 0.29) is 17.4 Å². The van der Waals surface area contributed by atoms with Crippen LogP contribution in [0.25, 0.3) is 21.3 Å². The van der Waals surface area contributed by atoms with Gasteiger partial charge in [-0.05, 0) is 5.56 Å². The second-order valence-electron chi connectivity index (χ2n) is 6.81. The molecule has 0 aliphatic carbocycles. The summed E-state index contributed by atoms with van der Waals surface area (Å²) in [7, 11) is 0. The predicted octanol–water partition coefficient (Wildman–Crippen LogP) is 0.932. The van der Waals surface area contributed by atoms with E-state index in [1.807, 2.05) is 35.7 Å². The smallest absolute Gasteiger partial charge is 0.260 e. The summed E-state index contributed by atoms with van der Waals surface area (Å²) in [5.74, 6) is 0.486. The van der Waals surface area contributed by atoms with Crippen molar-refractivity contribution in [3.8, 4) is 11.1 Å². The molecule has 3 heterocycles. The highest BCUT2D eigenvalue weighted by Gasteiger charge is 2.26. The van der Waals surface area contributed by atoms with E-state index in [0.29, 0.717) is 17.8 Å². The Morgan fingerprint density at radius 1 is 1.27 bits per heavy atom. The molecule has 0 saturated carbocycles. The first-order valence-corrected chi connectivity index (χ1v) is 9.68. The highest BCUT2D eigenvalue weighted by Crippen LogP contribution is 2.30. The SMILES string of the molecule is NC(=O)C1CC[NH+](Cc2nc3scc(-c4ccccc4)c3c(=O)[nH]2)CC1. The van der Waals surface area contributed by atoms with Gasteiger partial charge in [0.2, 0.25) is 5.91 Å². The second-order valence-corrected chi connectivity index (χ2v) is 7.67. The number of carbonyl (C=O) groups excluding carboxylic acids is 1. The van der Waals surface area contributed by atoms with Crippen LogP contribution in [0.2, 0.25) is 0 Å². The van der Waals surface area contributed by atoms with Crippen LogP contribution in [-0.4, -0.2) is 29.0 Å². The van der Waals surface area contributed by atoms with Crippen LogP contribution < -0.4 is 16.2 Å². The topological polar surface area (TPSA) is 93.3 Å². The Morgan fingerprint density at radius 2 is 2.00 bits per heavy atom. The van der Waals surface area contributed by atoms with E-state index < -0.39 is 0 Å². The van der Waals surface area contributed by atoms with E-state index in [4.69, 9.17) is 5.73 Å². The monoisotopic (exact) mass is 369 g/mol. The molecule has 2 aromatic heterocycles. The molecule has 1 aliphatic rings. The lowest BCUT2D eigenvalue weighted by Gasteiger charge is -2.27. The lowest BCUT2D eigenvalue weighted by Crippen LogP contribution is -3.12. The van der Waals surface area contributed by atoms with Gasteiger partial charge < -0.3 is 15.6 Å². The van der Waals surface area contributed by atoms with Gasteiger partial charge in [0.1, 0.15) is 11.4 Å². The largest absolute Gasteiger partial charge is 0.369 e. The van der Waals surface area contributed by atoms with Crippen LogP contribution in [0.5, 0.6) is 0 Å². The Labute approximate surface area is 154 Å². The maximum Gasteiger partial charge on any atom is 0.260 e. The lowest BCUT2D eigenvalue weighted by molar-refractivity contribution is -0.920. The summed E-state index contributed by atoms with van der Waals surface area (Å²) >= 11 is 1.50. The number of quaternary nitrogens is 1. The molecule has 0 spiro atoms.